The highest BCUT2D eigenvalue weighted by Gasteiger charge is 2.30. The van der Waals surface area contributed by atoms with Gasteiger partial charge in [-0.25, -0.2) is 0 Å². The summed E-state index contributed by atoms with van der Waals surface area (Å²) in [5.74, 6) is 0.632. The van der Waals surface area contributed by atoms with Gasteiger partial charge in [0, 0.05) is 12.1 Å². The van der Waals surface area contributed by atoms with Gasteiger partial charge in [0.05, 0.1) is 12.5 Å². The van der Waals surface area contributed by atoms with Gasteiger partial charge in [0.15, 0.2) is 0 Å². The minimum Gasteiger partial charge on any atom is -0.472 e. The summed E-state index contributed by atoms with van der Waals surface area (Å²) in [5, 5.41) is 3.63. The average Bonchev–Trinajstić information content (AvgIpc) is 2.66. The van der Waals surface area contributed by atoms with E-state index in [0.29, 0.717) is 5.92 Å². The van der Waals surface area contributed by atoms with Crippen molar-refractivity contribution in [2.75, 3.05) is 6.54 Å². The summed E-state index contributed by atoms with van der Waals surface area (Å²) in [5.41, 5.74) is 1.72. The van der Waals surface area contributed by atoms with Crippen LogP contribution >= 0.6 is 0 Å². The first-order chi connectivity index (χ1) is 7.73. The molecule has 1 heterocycles. The SMILES string of the molecule is CC(C)C(C)(CNC(C)(C)C)Cc1ccoc1. The van der Waals surface area contributed by atoms with E-state index < -0.39 is 0 Å². The lowest BCUT2D eigenvalue weighted by molar-refractivity contribution is 0.187. The molecule has 1 rings (SSSR count). The molecule has 0 spiro atoms. The first kappa shape index (κ1) is 14.3. The molecular weight excluding hydrogens is 210 g/mol. The van der Waals surface area contributed by atoms with Crippen LogP contribution in [0.5, 0.6) is 0 Å². The van der Waals surface area contributed by atoms with Gasteiger partial charge < -0.3 is 9.73 Å². The van der Waals surface area contributed by atoms with Crippen LogP contribution in [-0.2, 0) is 6.42 Å². The van der Waals surface area contributed by atoms with E-state index in [1.165, 1.54) is 5.56 Å². The van der Waals surface area contributed by atoms with E-state index in [0.717, 1.165) is 13.0 Å². The van der Waals surface area contributed by atoms with E-state index in [1.807, 2.05) is 6.26 Å². The van der Waals surface area contributed by atoms with Crippen LogP contribution in [-0.4, -0.2) is 12.1 Å². The van der Waals surface area contributed by atoms with Gasteiger partial charge in [-0.15, -0.1) is 0 Å². The number of hydrogen-bond acceptors (Lipinski definition) is 2. The first-order valence-electron chi connectivity index (χ1n) is 6.49. The maximum atomic E-state index is 5.17. The molecule has 0 radical (unpaired) electrons. The molecule has 0 aliphatic heterocycles. The monoisotopic (exact) mass is 237 g/mol. The second-order valence-corrected chi connectivity index (χ2v) is 6.72. The molecule has 0 bridgehead atoms. The Kier molecular flexibility index (Phi) is 4.42. The van der Waals surface area contributed by atoms with Gasteiger partial charge in [-0.3, -0.25) is 0 Å². The van der Waals surface area contributed by atoms with E-state index in [9.17, 15) is 0 Å². The third-order valence-corrected chi connectivity index (χ3v) is 3.60. The molecule has 0 aliphatic carbocycles. The summed E-state index contributed by atoms with van der Waals surface area (Å²) in [6.07, 6.45) is 4.68. The summed E-state index contributed by atoms with van der Waals surface area (Å²) in [6, 6.07) is 2.07. The zero-order chi connectivity index (χ0) is 13.1. The second-order valence-electron chi connectivity index (χ2n) is 6.72. The van der Waals surface area contributed by atoms with E-state index in [1.54, 1.807) is 6.26 Å². The Morgan fingerprint density at radius 1 is 1.24 bits per heavy atom. The van der Waals surface area contributed by atoms with E-state index >= 15 is 0 Å². The van der Waals surface area contributed by atoms with E-state index in [-0.39, 0.29) is 11.0 Å². The number of nitrogens with one attached hydrogen (secondary N) is 1. The van der Waals surface area contributed by atoms with Crippen LogP contribution in [0.1, 0.15) is 47.1 Å². The van der Waals surface area contributed by atoms with Crippen molar-refractivity contribution < 1.29 is 4.42 Å². The van der Waals surface area contributed by atoms with Crippen LogP contribution in [0.25, 0.3) is 0 Å². The Morgan fingerprint density at radius 2 is 1.88 bits per heavy atom. The fourth-order valence-corrected chi connectivity index (χ4v) is 1.80. The molecule has 2 heteroatoms. The van der Waals surface area contributed by atoms with Crippen LogP contribution in [0, 0.1) is 11.3 Å². The third kappa shape index (κ3) is 4.55. The Hall–Kier alpha value is -0.760. The topological polar surface area (TPSA) is 25.2 Å². The zero-order valence-electron chi connectivity index (χ0n) is 12.1. The molecule has 1 unspecified atom stereocenters. The number of furan rings is 1. The van der Waals surface area contributed by atoms with Crippen molar-refractivity contribution in [3.05, 3.63) is 24.2 Å². The molecule has 1 aromatic heterocycles. The maximum absolute atomic E-state index is 5.17. The minimum absolute atomic E-state index is 0.173. The molecule has 0 fully saturated rings. The lowest BCUT2D eigenvalue weighted by atomic mass is 9.74. The standard InChI is InChI=1S/C15H27NO/c1-12(2)15(6,11-16-14(3,4)5)9-13-7-8-17-10-13/h7-8,10,12,16H,9,11H2,1-6H3. The molecule has 0 aliphatic rings. The number of hydrogen-bond donors (Lipinski definition) is 1. The third-order valence-electron chi connectivity index (χ3n) is 3.60. The summed E-state index contributed by atoms with van der Waals surface area (Å²) >= 11 is 0. The smallest absolute Gasteiger partial charge is 0.0934 e. The summed E-state index contributed by atoms with van der Waals surface area (Å²) in [6.45, 7) is 14.6. The Balaban J connectivity index is 2.69. The van der Waals surface area contributed by atoms with Gasteiger partial charge in [0.25, 0.3) is 0 Å². The second kappa shape index (κ2) is 5.26. The van der Waals surface area contributed by atoms with Crippen molar-refractivity contribution >= 4 is 0 Å². The maximum Gasteiger partial charge on any atom is 0.0934 e. The van der Waals surface area contributed by atoms with Gasteiger partial charge in [-0.2, -0.15) is 0 Å². The van der Waals surface area contributed by atoms with Crippen LogP contribution in [0.2, 0.25) is 0 Å². The van der Waals surface area contributed by atoms with Crippen LogP contribution in [0.3, 0.4) is 0 Å². The van der Waals surface area contributed by atoms with Crippen LogP contribution < -0.4 is 5.32 Å². The van der Waals surface area contributed by atoms with Crippen molar-refractivity contribution in [2.45, 2.75) is 53.5 Å². The summed E-state index contributed by atoms with van der Waals surface area (Å²) in [4.78, 5) is 0. The normalized spacial score (nSPS) is 16.2. The highest BCUT2D eigenvalue weighted by atomic mass is 16.3. The summed E-state index contributed by atoms with van der Waals surface area (Å²) < 4.78 is 5.17. The predicted molar refractivity (Wildman–Crippen MR) is 73.1 cm³/mol. The van der Waals surface area contributed by atoms with Crippen LogP contribution in [0.15, 0.2) is 23.0 Å². The predicted octanol–water partition coefficient (Wildman–Crippen LogP) is 3.87. The molecule has 17 heavy (non-hydrogen) atoms. The van der Waals surface area contributed by atoms with E-state index in [4.69, 9.17) is 4.42 Å². The van der Waals surface area contributed by atoms with Crippen molar-refractivity contribution in [3.8, 4) is 0 Å². The van der Waals surface area contributed by atoms with Gasteiger partial charge in [0.1, 0.15) is 0 Å². The van der Waals surface area contributed by atoms with Gasteiger partial charge in [0.2, 0.25) is 0 Å². The number of rotatable bonds is 5. The molecule has 1 aromatic rings. The molecule has 98 valence electrons. The van der Waals surface area contributed by atoms with E-state index in [2.05, 4.69) is 52.9 Å². The average molecular weight is 237 g/mol. The Labute approximate surface area is 106 Å². The Bertz CT molecular complexity index is 321. The van der Waals surface area contributed by atoms with Crippen molar-refractivity contribution in [1.29, 1.82) is 0 Å². The molecule has 0 saturated heterocycles. The molecular formula is C15H27NO. The molecule has 1 atom stereocenters. The summed E-state index contributed by atoms with van der Waals surface area (Å²) in [7, 11) is 0. The molecule has 0 aromatic carbocycles. The minimum atomic E-state index is 0.173. The quantitative estimate of drug-likeness (QED) is 0.841. The lowest BCUT2D eigenvalue weighted by Crippen LogP contribution is -2.45. The largest absolute Gasteiger partial charge is 0.472 e. The Morgan fingerprint density at radius 3 is 2.29 bits per heavy atom. The fraction of sp³-hybridized carbons (Fsp3) is 0.733. The highest BCUT2D eigenvalue weighted by Crippen LogP contribution is 2.31. The zero-order valence-corrected chi connectivity index (χ0v) is 12.1. The highest BCUT2D eigenvalue weighted by molar-refractivity contribution is 5.09. The lowest BCUT2D eigenvalue weighted by Gasteiger charge is -2.37. The molecule has 0 saturated carbocycles. The van der Waals surface area contributed by atoms with Gasteiger partial charge >= 0.3 is 0 Å². The first-order valence-corrected chi connectivity index (χ1v) is 6.49. The van der Waals surface area contributed by atoms with Gasteiger partial charge in [-0.1, -0.05) is 20.8 Å². The van der Waals surface area contributed by atoms with Crippen molar-refractivity contribution in [3.63, 3.8) is 0 Å². The fourth-order valence-electron chi connectivity index (χ4n) is 1.80. The van der Waals surface area contributed by atoms with Crippen molar-refractivity contribution in [2.24, 2.45) is 11.3 Å². The van der Waals surface area contributed by atoms with Crippen LogP contribution in [0.4, 0.5) is 0 Å². The molecule has 1 N–H and O–H groups in total. The van der Waals surface area contributed by atoms with Gasteiger partial charge in [-0.05, 0) is 50.2 Å². The molecule has 2 nitrogen and oxygen atoms in total. The molecule has 0 amide bonds. The van der Waals surface area contributed by atoms with Crippen molar-refractivity contribution in [1.82, 2.24) is 5.32 Å².